The summed E-state index contributed by atoms with van der Waals surface area (Å²) < 4.78 is 0. The van der Waals surface area contributed by atoms with Gasteiger partial charge < -0.3 is 4.98 Å². The molecular weight excluding hydrogens is 188 g/mol. The minimum atomic E-state index is 0.672. The second kappa shape index (κ2) is 3.16. The van der Waals surface area contributed by atoms with Gasteiger partial charge in [0.2, 0.25) is 0 Å². The van der Waals surface area contributed by atoms with Crippen LogP contribution >= 0.6 is 0 Å². The second-order valence-electron chi connectivity index (χ2n) is 3.22. The van der Waals surface area contributed by atoms with E-state index in [-0.39, 0.29) is 0 Å². The van der Waals surface area contributed by atoms with Gasteiger partial charge in [-0.15, -0.1) is 0 Å². The number of nitrogens with one attached hydrogen (secondary N) is 1. The summed E-state index contributed by atoms with van der Waals surface area (Å²) in [4.78, 5) is 15.6. The van der Waals surface area contributed by atoms with Gasteiger partial charge in [-0.1, -0.05) is 18.2 Å². The van der Waals surface area contributed by atoms with Gasteiger partial charge in [0.1, 0.15) is 5.69 Å². The lowest BCUT2D eigenvalue weighted by Crippen LogP contribution is -1.89. The van der Waals surface area contributed by atoms with E-state index in [1.54, 1.807) is 12.5 Å². The van der Waals surface area contributed by atoms with Gasteiger partial charge in [-0.3, -0.25) is 0 Å². The maximum Gasteiger partial charge on any atom is 0.178 e. The van der Waals surface area contributed by atoms with Crippen molar-refractivity contribution in [2.75, 3.05) is 0 Å². The Labute approximate surface area is 86.0 Å². The van der Waals surface area contributed by atoms with Crippen molar-refractivity contribution < 1.29 is 0 Å². The molecule has 0 fully saturated rings. The SMILES string of the molecule is c1ccc2nc(-c3cnc[nH]3)ncc2c1. The molecule has 0 spiro atoms. The van der Waals surface area contributed by atoms with Crippen LogP contribution in [-0.2, 0) is 0 Å². The lowest BCUT2D eigenvalue weighted by molar-refractivity contribution is 1.19. The first kappa shape index (κ1) is 8.11. The number of benzene rings is 1. The monoisotopic (exact) mass is 196 g/mol. The van der Waals surface area contributed by atoms with Crippen LogP contribution in [0.25, 0.3) is 22.4 Å². The van der Waals surface area contributed by atoms with Gasteiger partial charge in [0.25, 0.3) is 0 Å². The first-order chi connectivity index (χ1) is 7.43. The first-order valence-electron chi connectivity index (χ1n) is 4.64. The van der Waals surface area contributed by atoms with Crippen LogP contribution in [0.15, 0.2) is 43.0 Å². The maximum atomic E-state index is 4.44. The Bertz CT molecular complexity index is 586. The molecule has 0 radical (unpaired) electrons. The van der Waals surface area contributed by atoms with Crippen molar-refractivity contribution in [3.8, 4) is 11.5 Å². The van der Waals surface area contributed by atoms with E-state index in [1.165, 1.54) is 0 Å². The fraction of sp³-hybridized carbons (Fsp3) is 0. The quantitative estimate of drug-likeness (QED) is 0.647. The molecule has 4 nitrogen and oxygen atoms in total. The van der Waals surface area contributed by atoms with Crippen LogP contribution in [0.5, 0.6) is 0 Å². The first-order valence-corrected chi connectivity index (χ1v) is 4.64. The average Bonchev–Trinajstić information content (AvgIpc) is 2.82. The maximum absolute atomic E-state index is 4.44. The number of rotatable bonds is 1. The van der Waals surface area contributed by atoms with Crippen LogP contribution in [0, 0.1) is 0 Å². The van der Waals surface area contributed by atoms with Crippen LogP contribution in [0.3, 0.4) is 0 Å². The number of aromatic amines is 1. The summed E-state index contributed by atoms with van der Waals surface area (Å²) in [7, 11) is 0. The predicted octanol–water partition coefficient (Wildman–Crippen LogP) is 2.02. The number of nitrogens with zero attached hydrogens (tertiary/aromatic N) is 3. The molecule has 1 N–H and O–H groups in total. The van der Waals surface area contributed by atoms with Crippen LogP contribution in [0.4, 0.5) is 0 Å². The second-order valence-corrected chi connectivity index (χ2v) is 3.22. The zero-order chi connectivity index (χ0) is 10.1. The molecule has 0 unspecified atom stereocenters. The molecule has 3 rings (SSSR count). The van der Waals surface area contributed by atoms with E-state index in [9.17, 15) is 0 Å². The third-order valence-corrected chi connectivity index (χ3v) is 2.23. The van der Waals surface area contributed by atoms with Gasteiger partial charge in [-0.2, -0.15) is 0 Å². The fourth-order valence-electron chi connectivity index (χ4n) is 1.48. The van der Waals surface area contributed by atoms with Gasteiger partial charge in [0.15, 0.2) is 5.82 Å². The summed E-state index contributed by atoms with van der Waals surface area (Å²) in [5.41, 5.74) is 1.78. The zero-order valence-corrected chi connectivity index (χ0v) is 7.88. The minimum absolute atomic E-state index is 0.672. The standard InChI is InChI=1S/C11H8N4/c1-2-4-9-8(3-1)5-13-11(15-9)10-6-12-7-14-10/h1-7H,(H,12,14). The van der Waals surface area contributed by atoms with Crippen molar-refractivity contribution in [2.45, 2.75) is 0 Å². The number of fused-ring (bicyclic) bond motifs is 1. The molecule has 0 aliphatic heterocycles. The predicted molar refractivity (Wildman–Crippen MR) is 57.1 cm³/mol. The van der Waals surface area contributed by atoms with Gasteiger partial charge in [-0.05, 0) is 6.07 Å². The van der Waals surface area contributed by atoms with E-state index in [4.69, 9.17) is 0 Å². The largest absolute Gasteiger partial charge is 0.342 e. The molecule has 2 heterocycles. The Balaban J connectivity index is 2.22. The van der Waals surface area contributed by atoms with Crippen molar-refractivity contribution in [1.29, 1.82) is 0 Å². The molecule has 2 aromatic heterocycles. The topological polar surface area (TPSA) is 54.5 Å². The van der Waals surface area contributed by atoms with Gasteiger partial charge in [0, 0.05) is 11.6 Å². The van der Waals surface area contributed by atoms with Crippen LogP contribution in [-0.4, -0.2) is 19.9 Å². The molecule has 4 heteroatoms. The summed E-state index contributed by atoms with van der Waals surface area (Å²) >= 11 is 0. The van der Waals surface area contributed by atoms with Crippen LogP contribution in [0.2, 0.25) is 0 Å². The summed E-state index contributed by atoms with van der Waals surface area (Å²) in [6, 6.07) is 7.90. The molecule has 0 bridgehead atoms. The number of aromatic nitrogens is 4. The lowest BCUT2D eigenvalue weighted by atomic mass is 10.2. The zero-order valence-electron chi connectivity index (χ0n) is 7.88. The van der Waals surface area contributed by atoms with Crippen molar-refractivity contribution in [3.05, 3.63) is 43.0 Å². The van der Waals surface area contributed by atoms with E-state index < -0.39 is 0 Å². The third kappa shape index (κ3) is 1.36. The Morgan fingerprint density at radius 1 is 1.07 bits per heavy atom. The van der Waals surface area contributed by atoms with Crippen molar-refractivity contribution in [1.82, 2.24) is 19.9 Å². The van der Waals surface area contributed by atoms with Crippen molar-refractivity contribution in [2.24, 2.45) is 0 Å². The molecule has 0 amide bonds. The van der Waals surface area contributed by atoms with Crippen molar-refractivity contribution in [3.63, 3.8) is 0 Å². The lowest BCUT2D eigenvalue weighted by Gasteiger charge is -1.98. The number of hydrogen-bond acceptors (Lipinski definition) is 3. The van der Waals surface area contributed by atoms with E-state index >= 15 is 0 Å². The fourth-order valence-corrected chi connectivity index (χ4v) is 1.48. The average molecular weight is 196 g/mol. The molecule has 0 atom stereocenters. The van der Waals surface area contributed by atoms with Gasteiger partial charge in [-0.25, -0.2) is 15.0 Å². The Kier molecular flexibility index (Phi) is 1.71. The van der Waals surface area contributed by atoms with E-state index in [1.807, 2.05) is 30.5 Å². The van der Waals surface area contributed by atoms with Crippen LogP contribution in [0.1, 0.15) is 0 Å². The van der Waals surface area contributed by atoms with E-state index in [0.717, 1.165) is 16.6 Å². The van der Waals surface area contributed by atoms with Gasteiger partial charge >= 0.3 is 0 Å². The summed E-state index contributed by atoms with van der Waals surface area (Å²) in [6.07, 6.45) is 5.15. The Morgan fingerprint density at radius 3 is 2.87 bits per heavy atom. The van der Waals surface area contributed by atoms with E-state index in [0.29, 0.717) is 5.82 Å². The van der Waals surface area contributed by atoms with Crippen molar-refractivity contribution >= 4 is 10.9 Å². The molecule has 0 saturated heterocycles. The highest BCUT2D eigenvalue weighted by molar-refractivity contribution is 5.78. The molecule has 3 aromatic rings. The Hall–Kier alpha value is -2.23. The molecular formula is C11H8N4. The summed E-state index contributed by atoms with van der Waals surface area (Å²) in [5, 5.41) is 1.04. The molecule has 0 aliphatic rings. The molecule has 72 valence electrons. The number of hydrogen-bond donors (Lipinski definition) is 1. The number of imidazole rings is 1. The van der Waals surface area contributed by atoms with Crippen LogP contribution < -0.4 is 0 Å². The minimum Gasteiger partial charge on any atom is -0.342 e. The molecule has 0 saturated carbocycles. The number of H-pyrrole nitrogens is 1. The highest BCUT2D eigenvalue weighted by Gasteiger charge is 2.02. The summed E-state index contributed by atoms with van der Waals surface area (Å²) in [6.45, 7) is 0. The highest BCUT2D eigenvalue weighted by atomic mass is 14.9. The number of para-hydroxylation sites is 1. The summed E-state index contributed by atoms with van der Waals surface area (Å²) in [5.74, 6) is 0.672. The van der Waals surface area contributed by atoms with Gasteiger partial charge in [0.05, 0.1) is 18.0 Å². The molecule has 0 aliphatic carbocycles. The molecule has 15 heavy (non-hydrogen) atoms. The molecule has 1 aromatic carbocycles. The highest BCUT2D eigenvalue weighted by Crippen LogP contribution is 2.15. The smallest absolute Gasteiger partial charge is 0.178 e. The third-order valence-electron chi connectivity index (χ3n) is 2.23. The normalized spacial score (nSPS) is 10.7. The Morgan fingerprint density at radius 2 is 2.00 bits per heavy atom. The van der Waals surface area contributed by atoms with E-state index in [2.05, 4.69) is 19.9 Å².